The molecular formula is C20H12F5N7. The molecule has 0 aliphatic heterocycles. The molecule has 4 N–H and O–H groups in total. The van der Waals surface area contributed by atoms with Crippen molar-refractivity contribution in [3.05, 3.63) is 71.6 Å². The van der Waals surface area contributed by atoms with E-state index < -0.39 is 34.9 Å². The summed E-state index contributed by atoms with van der Waals surface area (Å²) in [5.74, 6) is -3.02. The fourth-order valence-electron chi connectivity index (χ4n) is 2.94. The van der Waals surface area contributed by atoms with Crippen molar-refractivity contribution in [2.24, 2.45) is 10.7 Å². The highest BCUT2D eigenvalue weighted by molar-refractivity contribution is 6.04. The number of fused-ring (bicyclic) bond motifs is 1. The normalized spacial score (nSPS) is 12.3. The van der Waals surface area contributed by atoms with Gasteiger partial charge in [-0.2, -0.15) is 13.2 Å². The average molecular weight is 445 g/mol. The van der Waals surface area contributed by atoms with E-state index in [-0.39, 0.29) is 33.9 Å². The summed E-state index contributed by atoms with van der Waals surface area (Å²) in [6, 6.07) is 6.13. The largest absolute Gasteiger partial charge is 0.417 e. The van der Waals surface area contributed by atoms with Crippen molar-refractivity contribution in [1.82, 2.24) is 19.9 Å². The van der Waals surface area contributed by atoms with E-state index in [9.17, 15) is 22.0 Å². The summed E-state index contributed by atoms with van der Waals surface area (Å²) in [4.78, 5) is 20.2. The molecule has 162 valence electrons. The highest BCUT2D eigenvalue weighted by Crippen LogP contribution is 2.36. The maximum absolute atomic E-state index is 13.8. The number of halogens is 5. The lowest BCUT2D eigenvalue weighted by atomic mass is 10.1. The number of hydrogen-bond acceptors (Lipinski definition) is 6. The van der Waals surface area contributed by atoms with E-state index >= 15 is 0 Å². The van der Waals surface area contributed by atoms with Gasteiger partial charge in [0.15, 0.2) is 22.8 Å². The lowest BCUT2D eigenvalue weighted by Gasteiger charge is -2.12. The number of benzene rings is 2. The lowest BCUT2D eigenvalue weighted by Crippen LogP contribution is -2.17. The molecule has 32 heavy (non-hydrogen) atoms. The van der Waals surface area contributed by atoms with E-state index in [1.165, 1.54) is 30.6 Å². The molecule has 2 aromatic carbocycles. The maximum Gasteiger partial charge on any atom is 0.417 e. The highest BCUT2D eigenvalue weighted by atomic mass is 19.4. The average Bonchev–Trinajstić information content (AvgIpc) is 2.75. The zero-order chi connectivity index (χ0) is 23.0. The number of nitrogens with zero attached hydrogens (tertiary/aromatic N) is 5. The smallest absolute Gasteiger partial charge is 0.396 e. The van der Waals surface area contributed by atoms with Crippen molar-refractivity contribution < 1.29 is 22.0 Å². The molecule has 2 aromatic heterocycles. The first-order chi connectivity index (χ1) is 15.1. The summed E-state index contributed by atoms with van der Waals surface area (Å²) in [5.41, 5.74) is 9.47. The van der Waals surface area contributed by atoms with Crippen LogP contribution >= 0.6 is 0 Å². The monoisotopic (exact) mass is 445 g/mol. The number of nitrogen functional groups attached to an aromatic ring is 1. The SMILES string of the molecule is NC(=Nc1nc(-c2ccccc2C(F)(F)F)nc2nccnc12)c1cc(F)cc(F)c1N. The Bertz CT molecular complexity index is 1370. The Kier molecular flexibility index (Phi) is 5.12. The Hall–Kier alpha value is -4.22. The molecule has 0 aliphatic carbocycles. The van der Waals surface area contributed by atoms with Crippen LogP contribution < -0.4 is 11.5 Å². The molecule has 0 aliphatic rings. The predicted octanol–water partition coefficient (Wildman–Crippen LogP) is 4.00. The molecule has 7 nitrogen and oxygen atoms in total. The van der Waals surface area contributed by atoms with E-state index in [0.29, 0.717) is 6.07 Å². The van der Waals surface area contributed by atoms with Crippen LogP contribution in [0.3, 0.4) is 0 Å². The second kappa shape index (κ2) is 7.80. The molecule has 12 heteroatoms. The van der Waals surface area contributed by atoms with E-state index in [1.807, 2.05) is 0 Å². The summed E-state index contributed by atoms with van der Waals surface area (Å²) in [6.45, 7) is 0. The molecule has 0 radical (unpaired) electrons. The van der Waals surface area contributed by atoms with Crippen molar-refractivity contribution in [3.63, 3.8) is 0 Å². The van der Waals surface area contributed by atoms with E-state index in [4.69, 9.17) is 11.5 Å². The van der Waals surface area contributed by atoms with Crippen LogP contribution in [0, 0.1) is 11.6 Å². The number of amidine groups is 1. The first kappa shape index (κ1) is 21.0. The fourth-order valence-corrected chi connectivity index (χ4v) is 2.94. The lowest BCUT2D eigenvalue weighted by molar-refractivity contribution is -0.137. The van der Waals surface area contributed by atoms with Crippen LogP contribution in [0.2, 0.25) is 0 Å². The van der Waals surface area contributed by atoms with Gasteiger partial charge in [-0.1, -0.05) is 18.2 Å². The number of rotatable bonds is 3. The summed E-state index contributed by atoms with van der Waals surface area (Å²) >= 11 is 0. The van der Waals surface area contributed by atoms with Gasteiger partial charge in [0, 0.05) is 29.6 Å². The molecule has 4 aromatic rings. The summed E-state index contributed by atoms with van der Waals surface area (Å²) in [6.07, 6.45) is -2.10. The molecule has 0 saturated heterocycles. The molecule has 0 atom stereocenters. The Morgan fingerprint density at radius 3 is 2.44 bits per heavy atom. The Morgan fingerprint density at radius 2 is 1.69 bits per heavy atom. The number of aromatic nitrogens is 4. The third kappa shape index (κ3) is 3.89. The van der Waals surface area contributed by atoms with Gasteiger partial charge in [0.2, 0.25) is 0 Å². The minimum absolute atomic E-state index is 0.0131. The third-order valence-electron chi connectivity index (χ3n) is 4.38. The zero-order valence-corrected chi connectivity index (χ0v) is 15.9. The van der Waals surface area contributed by atoms with Crippen LogP contribution in [-0.2, 0) is 6.18 Å². The first-order valence-electron chi connectivity index (χ1n) is 8.89. The minimum Gasteiger partial charge on any atom is -0.396 e. The zero-order valence-electron chi connectivity index (χ0n) is 15.9. The predicted molar refractivity (Wildman–Crippen MR) is 107 cm³/mol. The van der Waals surface area contributed by atoms with Crippen LogP contribution in [0.15, 0.2) is 53.8 Å². The molecule has 4 rings (SSSR count). The van der Waals surface area contributed by atoms with Crippen LogP contribution in [0.4, 0.5) is 33.5 Å². The number of aliphatic imine (C=N–C) groups is 1. The summed E-state index contributed by atoms with van der Waals surface area (Å²) in [7, 11) is 0. The van der Waals surface area contributed by atoms with Crippen molar-refractivity contribution in [2.75, 3.05) is 5.73 Å². The van der Waals surface area contributed by atoms with E-state index in [1.54, 1.807) is 0 Å². The molecule has 2 heterocycles. The first-order valence-corrected chi connectivity index (χ1v) is 8.89. The van der Waals surface area contributed by atoms with Gasteiger partial charge in [0.05, 0.1) is 11.3 Å². The van der Waals surface area contributed by atoms with Crippen LogP contribution in [0.1, 0.15) is 11.1 Å². The second-order valence-corrected chi connectivity index (χ2v) is 6.49. The van der Waals surface area contributed by atoms with Gasteiger partial charge in [-0.25, -0.2) is 33.7 Å². The standard InChI is InChI=1S/C20H12F5N7/c21-9-7-11(14(26)13(22)8-9)16(27)30-19-15-18(29-6-5-28-15)31-17(32-19)10-3-1-2-4-12(10)20(23,24)25/h1-8H,26H2,(H2,27,29,30,31,32). The van der Waals surface area contributed by atoms with Crippen LogP contribution in [0.25, 0.3) is 22.6 Å². The van der Waals surface area contributed by atoms with Crippen molar-refractivity contribution in [3.8, 4) is 11.4 Å². The van der Waals surface area contributed by atoms with Crippen molar-refractivity contribution >= 4 is 28.5 Å². The maximum atomic E-state index is 13.8. The highest BCUT2D eigenvalue weighted by Gasteiger charge is 2.34. The quantitative estimate of drug-likeness (QED) is 0.213. The van der Waals surface area contributed by atoms with Crippen LogP contribution in [-0.4, -0.2) is 25.8 Å². The van der Waals surface area contributed by atoms with Crippen LogP contribution in [0.5, 0.6) is 0 Å². The van der Waals surface area contributed by atoms with Gasteiger partial charge in [-0.05, 0) is 12.1 Å². The number of alkyl halides is 3. The second-order valence-electron chi connectivity index (χ2n) is 6.49. The van der Waals surface area contributed by atoms with Crippen molar-refractivity contribution in [1.29, 1.82) is 0 Å². The third-order valence-corrected chi connectivity index (χ3v) is 4.38. The van der Waals surface area contributed by atoms with Gasteiger partial charge in [-0.15, -0.1) is 0 Å². The molecule has 0 amide bonds. The van der Waals surface area contributed by atoms with E-state index in [2.05, 4.69) is 24.9 Å². The number of hydrogen-bond donors (Lipinski definition) is 2. The Labute approximate surface area is 176 Å². The van der Waals surface area contributed by atoms with Crippen molar-refractivity contribution in [2.45, 2.75) is 6.18 Å². The minimum atomic E-state index is -4.67. The fraction of sp³-hybridized carbons (Fsp3) is 0.0500. The molecule has 0 fully saturated rings. The van der Waals surface area contributed by atoms with Gasteiger partial charge < -0.3 is 11.5 Å². The van der Waals surface area contributed by atoms with Gasteiger partial charge in [-0.3, -0.25) is 0 Å². The topological polar surface area (TPSA) is 116 Å². The number of anilines is 1. The summed E-state index contributed by atoms with van der Waals surface area (Å²) in [5, 5.41) is 0. The molecule has 0 unspecified atom stereocenters. The van der Waals surface area contributed by atoms with Gasteiger partial charge in [0.25, 0.3) is 0 Å². The van der Waals surface area contributed by atoms with Gasteiger partial charge >= 0.3 is 6.18 Å². The van der Waals surface area contributed by atoms with Gasteiger partial charge in [0.1, 0.15) is 17.5 Å². The molecular weight excluding hydrogens is 433 g/mol. The Morgan fingerprint density at radius 1 is 0.969 bits per heavy atom. The molecule has 0 bridgehead atoms. The Balaban J connectivity index is 1.95. The number of nitrogens with two attached hydrogens (primary N) is 2. The molecule has 0 saturated carbocycles. The molecule has 0 spiro atoms. The van der Waals surface area contributed by atoms with E-state index in [0.717, 1.165) is 12.1 Å². The summed E-state index contributed by atoms with van der Waals surface area (Å²) < 4.78 is 67.9.